The number of rotatable bonds is 1. The molecule has 1 saturated heterocycles. The van der Waals surface area contributed by atoms with Gasteiger partial charge in [-0.1, -0.05) is 9.39 Å². The van der Waals surface area contributed by atoms with Crippen molar-refractivity contribution in [2.75, 3.05) is 13.1 Å². The Balaban J connectivity index is 2.57. The third-order valence-electron chi connectivity index (χ3n) is 2.11. The van der Waals surface area contributed by atoms with Gasteiger partial charge in [-0.25, -0.2) is 4.21 Å². The first kappa shape index (κ1) is 12.3. The average molecular weight is 234 g/mol. The minimum atomic E-state index is -1.08. The molecular formula is C9H19N2OPS. The zero-order valence-electron chi connectivity index (χ0n) is 9.12. The third-order valence-corrected chi connectivity index (χ3v) is 4.10. The van der Waals surface area contributed by atoms with Gasteiger partial charge < -0.3 is 0 Å². The van der Waals surface area contributed by atoms with Crippen LogP contribution in [0.4, 0.5) is 0 Å². The van der Waals surface area contributed by atoms with Gasteiger partial charge in [-0.05, 0) is 33.6 Å². The molecule has 1 aliphatic heterocycles. The molecule has 0 aromatic heterocycles. The van der Waals surface area contributed by atoms with E-state index in [1.54, 1.807) is 0 Å². The second-order valence-electron chi connectivity index (χ2n) is 4.56. The Labute approximate surface area is 91.2 Å². The molecule has 1 heterocycles. The molecule has 2 atom stereocenters. The lowest BCUT2D eigenvalue weighted by atomic mass is 10.1. The fraction of sp³-hybridized carbons (Fsp3) is 0.889. The van der Waals surface area contributed by atoms with Crippen LogP contribution >= 0.6 is 9.39 Å². The van der Waals surface area contributed by atoms with Crippen LogP contribution in [0.15, 0.2) is 4.40 Å². The molecule has 14 heavy (non-hydrogen) atoms. The van der Waals surface area contributed by atoms with Crippen molar-refractivity contribution >= 4 is 26.1 Å². The van der Waals surface area contributed by atoms with Crippen LogP contribution in [-0.2, 0) is 11.0 Å². The molecule has 0 radical (unpaired) electrons. The Morgan fingerprint density at radius 2 is 1.86 bits per heavy atom. The molecule has 0 aliphatic carbocycles. The van der Waals surface area contributed by atoms with Crippen molar-refractivity contribution in [1.29, 1.82) is 0 Å². The first-order valence-electron chi connectivity index (χ1n) is 4.87. The SMILES string of the molecule is CC(C)(C)S(=O)N=C1CCN(P)CC1. The minimum absolute atomic E-state index is 0.231. The monoisotopic (exact) mass is 234 g/mol. The van der Waals surface area contributed by atoms with E-state index < -0.39 is 11.0 Å². The fourth-order valence-electron chi connectivity index (χ4n) is 1.13. The van der Waals surface area contributed by atoms with Gasteiger partial charge in [0, 0.05) is 18.8 Å². The predicted octanol–water partition coefficient (Wildman–Crippen LogP) is 1.78. The summed E-state index contributed by atoms with van der Waals surface area (Å²) in [6, 6.07) is 0. The minimum Gasteiger partial charge on any atom is -0.287 e. The van der Waals surface area contributed by atoms with E-state index in [4.69, 9.17) is 0 Å². The largest absolute Gasteiger partial charge is 0.287 e. The molecule has 3 nitrogen and oxygen atoms in total. The van der Waals surface area contributed by atoms with Gasteiger partial charge in [0.05, 0.1) is 4.75 Å². The van der Waals surface area contributed by atoms with Gasteiger partial charge in [0.2, 0.25) is 0 Å². The molecule has 0 amide bonds. The zero-order chi connectivity index (χ0) is 10.8. The van der Waals surface area contributed by atoms with Gasteiger partial charge in [-0.15, -0.1) is 0 Å². The third kappa shape index (κ3) is 3.76. The Morgan fingerprint density at radius 3 is 2.29 bits per heavy atom. The Morgan fingerprint density at radius 1 is 1.36 bits per heavy atom. The molecule has 1 fully saturated rings. The summed E-state index contributed by atoms with van der Waals surface area (Å²) in [7, 11) is 1.61. The summed E-state index contributed by atoms with van der Waals surface area (Å²) in [5.74, 6) is 0. The van der Waals surface area contributed by atoms with E-state index >= 15 is 0 Å². The predicted molar refractivity (Wildman–Crippen MR) is 65.8 cm³/mol. The van der Waals surface area contributed by atoms with E-state index in [0.29, 0.717) is 0 Å². The van der Waals surface area contributed by atoms with E-state index in [1.807, 2.05) is 20.8 Å². The normalized spacial score (nSPS) is 22.1. The van der Waals surface area contributed by atoms with Gasteiger partial charge in [0.1, 0.15) is 11.0 Å². The first-order chi connectivity index (χ1) is 6.39. The molecule has 0 spiro atoms. The highest BCUT2D eigenvalue weighted by atomic mass is 32.2. The lowest BCUT2D eigenvalue weighted by Crippen LogP contribution is -2.28. The van der Waals surface area contributed by atoms with Crippen molar-refractivity contribution in [2.24, 2.45) is 4.40 Å². The molecule has 1 aliphatic rings. The highest BCUT2D eigenvalue weighted by Crippen LogP contribution is 2.16. The van der Waals surface area contributed by atoms with E-state index in [1.165, 1.54) is 0 Å². The van der Waals surface area contributed by atoms with Crippen molar-refractivity contribution < 1.29 is 4.21 Å². The van der Waals surface area contributed by atoms with Crippen molar-refractivity contribution in [3.63, 3.8) is 0 Å². The van der Waals surface area contributed by atoms with Crippen LogP contribution in [0, 0.1) is 0 Å². The van der Waals surface area contributed by atoms with Crippen LogP contribution in [0.25, 0.3) is 0 Å². The van der Waals surface area contributed by atoms with Gasteiger partial charge in [-0.3, -0.25) is 4.67 Å². The smallest absolute Gasteiger partial charge is 0.144 e. The lowest BCUT2D eigenvalue weighted by molar-refractivity contribution is 0.469. The van der Waals surface area contributed by atoms with Crippen LogP contribution in [-0.4, -0.2) is 32.4 Å². The number of nitrogens with zero attached hydrogens (tertiary/aromatic N) is 2. The molecular weight excluding hydrogens is 215 g/mol. The summed E-state index contributed by atoms with van der Waals surface area (Å²) in [4.78, 5) is 0. The Hall–Kier alpha value is 0.210. The molecule has 5 heteroatoms. The molecule has 0 aromatic rings. The molecule has 0 N–H and O–H groups in total. The zero-order valence-corrected chi connectivity index (χ0v) is 11.1. The summed E-state index contributed by atoms with van der Waals surface area (Å²) in [5.41, 5.74) is 1.11. The summed E-state index contributed by atoms with van der Waals surface area (Å²) >= 11 is 0. The number of piperidine rings is 1. The standard InChI is InChI=1S/C9H19N2OPS/c1-9(2,3)14(12)10-8-4-6-11(13)7-5-8/h4-7,13H2,1-3H3. The fourth-order valence-corrected chi connectivity index (χ4v) is 2.08. The van der Waals surface area contributed by atoms with Gasteiger partial charge in [-0.2, -0.15) is 4.40 Å². The molecule has 2 unspecified atom stereocenters. The molecule has 0 bridgehead atoms. The summed E-state index contributed by atoms with van der Waals surface area (Å²) in [6.07, 6.45) is 1.90. The highest BCUT2D eigenvalue weighted by molar-refractivity contribution is 7.85. The summed E-state index contributed by atoms with van der Waals surface area (Å²) in [5, 5.41) is 0. The van der Waals surface area contributed by atoms with Crippen molar-refractivity contribution in [1.82, 2.24) is 4.67 Å². The maximum atomic E-state index is 11.7. The maximum absolute atomic E-state index is 11.7. The van der Waals surface area contributed by atoms with Crippen LogP contribution in [0.2, 0.25) is 0 Å². The first-order valence-corrected chi connectivity index (χ1v) is 6.50. The number of hydrogen-bond acceptors (Lipinski definition) is 2. The lowest BCUT2D eigenvalue weighted by Gasteiger charge is -2.23. The van der Waals surface area contributed by atoms with Crippen molar-refractivity contribution in [2.45, 2.75) is 38.4 Å². The molecule has 0 aromatic carbocycles. The van der Waals surface area contributed by atoms with Crippen LogP contribution in [0.5, 0.6) is 0 Å². The quantitative estimate of drug-likeness (QED) is 0.648. The van der Waals surface area contributed by atoms with E-state index in [9.17, 15) is 4.21 Å². The van der Waals surface area contributed by atoms with Crippen molar-refractivity contribution in [3.8, 4) is 0 Å². The van der Waals surface area contributed by atoms with Gasteiger partial charge >= 0.3 is 0 Å². The van der Waals surface area contributed by atoms with E-state index in [0.717, 1.165) is 31.6 Å². The summed E-state index contributed by atoms with van der Waals surface area (Å²) in [6.45, 7) is 7.88. The summed E-state index contributed by atoms with van der Waals surface area (Å²) < 4.78 is 18.0. The molecule has 0 saturated carbocycles. The molecule has 1 rings (SSSR count). The number of hydrogen-bond donors (Lipinski definition) is 0. The van der Waals surface area contributed by atoms with Crippen molar-refractivity contribution in [3.05, 3.63) is 0 Å². The van der Waals surface area contributed by atoms with E-state index in [2.05, 4.69) is 18.5 Å². The average Bonchev–Trinajstić information content (AvgIpc) is 2.07. The van der Waals surface area contributed by atoms with Crippen LogP contribution in [0.3, 0.4) is 0 Å². The van der Waals surface area contributed by atoms with Gasteiger partial charge in [0.25, 0.3) is 0 Å². The molecule has 82 valence electrons. The van der Waals surface area contributed by atoms with Crippen LogP contribution < -0.4 is 0 Å². The van der Waals surface area contributed by atoms with Crippen LogP contribution in [0.1, 0.15) is 33.6 Å². The Kier molecular flexibility index (Phi) is 4.23. The second kappa shape index (κ2) is 4.82. The maximum Gasteiger partial charge on any atom is 0.144 e. The van der Waals surface area contributed by atoms with E-state index in [-0.39, 0.29) is 4.75 Å². The highest BCUT2D eigenvalue weighted by Gasteiger charge is 2.20. The second-order valence-corrected chi connectivity index (χ2v) is 7.19. The Bertz CT molecular complexity index is 250. The van der Waals surface area contributed by atoms with Gasteiger partial charge in [0.15, 0.2) is 0 Å². The topological polar surface area (TPSA) is 32.7 Å².